The molecule has 0 heterocycles. The molecule has 6 heteroatoms. The van der Waals surface area contributed by atoms with Gasteiger partial charge in [-0.05, 0) is 59.7 Å². The molecule has 0 aliphatic rings. The number of para-hydroxylation sites is 2. The second-order valence-corrected chi connectivity index (χ2v) is 8.47. The van der Waals surface area contributed by atoms with E-state index in [9.17, 15) is 20.2 Å². The van der Waals surface area contributed by atoms with E-state index in [2.05, 4.69) is 32.9 Å². The molecule has 3 rings (SSSR count). The van der Waals surface area contributed by atoms with E-state index >= 15 is 0 Å². The van der Waals surface area contributed by atoms with Crippen molar-refractivity contribution in [2.24, 2.45) is 0 Å². The normalized spacial score (nSPS) is 11.4. The summed E-state index contributed by atoms with van der Waals surface area (Å²) in [5.41, 5.74) is 4.41. The molecule has 0 aliphatic carbocycles. The molecule has 0 spiro atoms. The van der Waals surface area contributed by atoms with Gasteiger partial charge >= 0.3 is 0 Å². The Balaban J connectivity index is 2.34. The molecule has 0 aliphatic heterocycles. The average Bonchev–Trinajstić information content (AvgIpc) is 2.66. The minimum atomic E-state index is -0.514. The number of nitro benzene ring substituents is 2. The molecule has 0 bridgehead atoms. The monoisotopic (exact) mass is 404 g/mol. The van der Waals surface area contributed by atoms with E-state index in [1.54, 1.807) is 36.4 Å². The van der Waals surface area contributed by atoms with E-state index in [0.29, 0.717) is 5.56 Å². The highest BCUT2D eigenvalue weighted by atomic mass is 16.6. The molecule has 0 fully saturated rings. The van der Waals surface area contributed by atoms with Crippen LogP contribution in [-0.4, -0.2) is 9.85 Å². The van der Waals surface area contributed by atoms with Gasteiger partial charge in [0.25, 0.3) is 11.4 Å². The first-order valence-corrected chi connectivity index (χ1v) is 9.65. The van der Waals surface area contributed by atoms with Gasteiger partial charge in [-0.1, -0.05) is 51.1 Å². The zero-order chi connectivity index (χ0) is 22.2. The van der Waals surface area contributed by atoms with Crippen LogP contribution >= 0.6 is 0 Å². The highest BCUT2D eigenvalue weighted by Gasteiger charge is 2.28. The zero-order valence-corrected chi connectivity index (χ0v) is 17.7. The maximum Gasteiger partial charge on any atom is 0.285 e. The molecule has 0 saturated heterocycles. The quantitative estimate of drug-likeness (QED) is 0.355. The molecule has 6 nitrogen and oxygen atoms in total. The van der Waals surface area contributed by atoms with Crippen molar-refractivity contribution in [1.82, 2.24) is 0 Å². The fourth-order valence-electron chi connectivity index (χ4n) is 3.84. The topological polar surface area (TPSA) is 86.3 Å². The van der Waals surface area contributed by atoms with Crippen LogP contribution in [0.2, 0.25) is 0 Å². The molecule has 0 unspecified atom stereocenters. The summed E-state index contributed by atoms with van der Waals surface area (Å²) in [4.78, 5) is 22.7. The molecule has 0 atom stereocenters. The van der Waals surface area contributed by atoms with Crippen molar-refractivity contribution in [3.8, 4) is 22.3 Å². The number of hydrogen-bond acceptors (Lipinski definition) is 4. The number of rotatable bonds is 4. The van der Waals surface area contributed by atoms with Crippen molar-refractivity contribution in [1.29, 1.82) is 0 Å². The van der Waals surface area contributed by atoms with Crippen molar-refractivity contribution < 1.29 is 9.85 Å². The Bertz CT molecular complexity index is 1140. The maximum absolute atomic E-state index is 12.2. The van der Waals surface area contributed by atoms with Crippen LogP contribution in [0.15, 0.2) is 54.6 Å². The van der Waals surface area contributed by atoms with E-state index in [1.165, 1.54) is 6.07 Å². The van der Waals surface area contributed by atoms with Gasteiger partial charge in [0.1, 0.15) is 0 Å². The Hall–Kier alpha value is -3.54. The van der Waals surface area contributed by atoms with Crippen LogP contribution in [-0.2, 0) is 5.41 Å². The van der Waals surface area contributed by atoms with Crippen molar-refractivity contribution in [2.45, 2.75) is 40.0 Å². The lowest BCUT2D eigenvalue weighted by molar-refractivity contribution is -0.386. The van der Waals surface area contributed by atoms with Crippen molar-refractivity contribution >= 4 is 11.4 Å². The highest BCUT2D eigenvalue weighted by molar-refractivity contribution is 5.90. The largest absolute Gasteiger partial charge is 0.285 e. The van der Waals surface area contributed by atoms with Gasteiger partial charge in [0.15, 0.2) is 0 Å². The van der Waals surface area contributed by atoms with Crippen molar-refractivity contribution in [3.63, 3.8) is 0 Å². The fourth-order valence-corrected chi connectivity index (χ4v) is 3.84. The lowest BCUT2D eigenvalue weighted by Gasteiger charge is -2.22. The van der Waals surface area contributed by atoms with Gasteiger partial charge in [0.05, 0.1) is 26.5 Å². The summed E-state index contributed by atoms with van der Waals surface area (Å²) < 4.78 is 0. The summed E-state index contributed by atoms with van der Waals surface area (Å²) in [5, 5.41) is 23.7. The van der Waals surface area contributed by atoms with Gasteiger partial charge in [0.2, 0.25) is 0 Å². The lowest BCUT2D eigenvalue weighted by Crippen LogP contribution is -2.12. The Labute approximate surface area is 175 Å². The first-order chi connectivity index (χ1) is 14.0. The first kappa shape index (κ1) is 21.2. The van der Waals surface area contributed by atoms with Crippen LogP contribution in [0.3, 0.4) is 0 Å². The summed E-state index contributed by atoms with van der Waals surface area (Å²) in [6.45, 7) is 10.3. The average molecular weight is 404 g/mol. The van der Waals surface area contributed by atoms with Gasteiger partial charge in [0, 0.05) is 6.07 Å². The molecule has 0 saturated carbocycles. The van der Waals surface area contributed by atoms with Crippen molar-refractivity contribution in [3.05, 3.63) is 91.5 Å². The van der Waals surface area contributed by atoms with Gasteiger partial charge in [-0.3, -0.25) is 20.2 Å². The summed E-state index contributed by atoms with van der Waals surface area (Å²) in [6.07, 6.45) is 0. The van der Waals surface area contributed by atoms with Crippen LogP contribution in [0, 0.1) is 34.1 Å². The summed E-state index contributed by atoms with van der Waals surface area (Å²) in [5.74, 6) is 0. The number of benzene rings is 3. The minimum Gasteiger partial charge on any atom is -0.258 e. The zero-order valence-electron chi connectivity index (χ0n) is 17.7. The van der Waals surface area contributed by atoms with E-state index in [-0.39, 0.29) is 27.9 Å². The summed E-state index contributed by atoms with van der Waals surface area (Å²) in [7, 11) is 0. The van der Waals surface area contributed by atoms with Crippen LogP contribution < -0.4 is 0 Å². The van der Waals surface area contributed by atoms with E-state index in [0.717, 1.165) is 22.3 Å². The SMILES string of the molecule is Cc1cc(C(C)(C)C)cc(C)c1-c1cccc(-c2ccccc2[N+](=O)[O-])c1[N+](=O)[O-]. The Morgan fingerprint density at radius 2 is 1.27 bits per heavy atom. The minimum absolute atomic E-state index is 0.0491. The molecule has 3 aromatic rings. The molecule has 3 aromatic carbocycles. The molecular formula is C24H24N2O4. The molecule has 154 valence electrons. The molecule has 0 amide bonds. The van der Waals surface area contributed by atoms with Gasteiger partial charge in [-0.2, -0.15) is 0 Å². The third-order valence-corrected chi connectivity index (χ3v) is 5.28. The number of nitro groups is 2. The van der Waals surface area contributed by atoms with Crippen LogP contribution in [0.5, 0.6) is 0 Å². The summed E-state index contributed by atoms with van der Waals surface area (Å²) in [6, 6.07) is 15.2. The Morgan fingerprint density at radius 3 is 1.80 bits per heavy atom. The number of aryl methyl sites for hydroxylation is 2. The highest BCUT2D eigenvalue weighted by Crippen LogP contribution is 2.44. The van der Waals surface area contributed by atoms with E-state index < -0.39 is 9.85 Å². The van der Waals surface area contributed by atoms with Crippen molar-refractivity contribution in [2.75, 3.05) is 0 Å². The van der Waals surface area contributed by atoms with Gasteiger partial charge in [-0.25, -0.2) is 0 Å². The van der Waals surface area contributed by atoms with Crippen LogP contribution in [0.1, 0.15) is 37.5 Å². The van der Waals surface area contributed by atoms with Crippen LogP contribution in [0.25, 0.3) is 22.3 Å². The van der Waals surface area contributed by atoms with E-state index in [1.807, 2.05) is 13.8 Å². The van der Waals surface area contributed by atoms with Gasteiger partial charge in [-0.15, -0.1) is 0 Å². The van der Waals surface area contributed by atoms with E-state index in [4.69, 9.17) is 0 Å². The third-order valence-electron chi connectivity index (χ3n) is 5.28. The smallest absolute Gasteiger partial charge is 0.258 e. The second kappa shape index (κ2) is 7.71. The van der Waals surface area contributed by atoms with Crippen LogP contribution in [0.4, 0.5) is 11.4 Å². The van der Waals surface area contributed by atoms with Gasteiger partial charge < -0.3 is 0 Å². The first-order valence-electron chi connectivity index (χ1n) is 9.65. The fraction of sp³-hybridized carbons (Fsp3) is 0.250. The molecule has 0 aromatic heterocycles. The maximum atomic E-state index is 12.2. The predicted molar refractivity (Wildman–Crippen MR) is 119 cm³/mol. The Morgan fingerprint density at radius 1 is 0.733 bits per heavy atom. The molecule has 0 N–H and O–H groups in total. The lowest BCUT2D eigenvalue weighted by atomic mass is 9.82. The molecule has 0 radical (unpaired) electrons. The second-order valence-electron chi connectivity index (χ2n) is 8.47. The third kappa shape index (κ3) is 3.81. The Kier molecular flexibility index (Phi) is 5.44. The number of nitrogens with zero attached hydrogens (tertiary/aromatic N) is 2. The molecular weight excluding hydrogens is 380 g/mol. The predicted octanol–water partition coefficient (Wildman–Crippen LogP) is 6.75. The molecule has 30 heavy (non-hydrogen) atoms. The standard InChI is InChI=1S/C24H24N2O4/c1-15-13-17(24(3,4)5)14-16(2)22(15)20-11-8-10-19(23(20)26(29)30)18-9-6-7-12-21(18)25(27)28/h6-14H,1-5H3. The summed E-state index contributed by atoms with van der Waals surface area (Å²) >= 11 is 0. The number of hydrogen-bond donors (Lipinski definition) is 0.